The van der Waals surface area contributed by atoms with Crippen molar-refractivity contribution < 1.29 is 4.39 Å². The second kappa shape index (κ2) is 3.72. The van der Waals surface area contributed by atoms with E-state index in [2.05, 4.69) is 4.98 Å². The molecule has 2 aromatic rings. The minimum Gasteiger partial charge on any atom is -0.350 e. The van der Waals surface area contributed by atoms with Crippen LogP contribution in [-0.4, -0.2) is 4.98 Å². The SMILES string of the molecule is Fc1c[nH]c(=S)c(-c2ccccc2)c1. The Balaban J connectivity index is 2.63. The second-order valence-electron chi connectivity index (χ2n) is 2.93. The minimum atomic E-state index is -0.308. The van der Waals surface area contributed by atoms with Crippen molar-refractivity contribution in [3.8, 4) is 11.1 Å². The van der Waals surface area contributed by atoms with Crippen LogP contribution in [0.5, 0.6) is 0 Å². The van der Waals surface area contributed by atoms with Crippen LogP contribution in [0.1, 0.15) is 0 Å². The number of H-pyrrole nitrogens is 1. The van der Waals surface area contributed by atoms with Crippen LogP contribution in [0, 0.1) is 10.5 Å². The van der Waals surface area contributed by atoms with Crippen LogP contribution >= 0.6 is 12.2 Å². The molecule has 70 valence electrons. The third kappa shape index (κ3) is 1.72. The van der Waals surface area contributed by atoms with Crippen molar-refractivity contribution in [3.05, 3.63) is 53.1 Å². The lowest BCUT2D eigenvalue weighted by atomic mass is 10.1. The number of nitrogens with one attached hydrogen (secondary N) is 1. The van der Waals surface area contributed by atoms with Gasteiger partial charge in [-0.1, -0.05) is 42.5 Å². The molecule has 0 aliphatic heterocycles. The number of hydrogen-bond acceptors (Lipinski definition) is 1. The third-order valence-electron chi connectivity index (χ3n) is 1.95. The van der Waals surface area contributed by atoms with Gasteiger partial charge in [0.2, 0.25) is 0 Å². The van der Waals surface area contributed by atoms with Gasteiger partial charge < -0.3 is 4.98 Å². The second-order valence-corrected chi connectivity index (χ2v) is 3.33. The summed E-state index contributed by atoms with van der Waals surface area (Å²) < 4.78 is 13.5. The summed E-state index contributed by atoms with van der Waals surface area (Å²) in [6.45, 7) is 0. The molecule has 0 unspecified atom stereocenters. The van der Waals surface area contributed by atoms with Gasteiger partial charge in [0, 0.05) is 11.8 Å². The lowest BCUT2D eigenvalue weighted by molar-refractivity contribution is 0.621. The Kier molecular flexibility index (Phi) is 2.41. The van der Waals surface area contributed by atoms with Gasteiger partial charge in [0.05, 0.1) is 0 Å². The molecule has 0 fully saturated rings. The van der Waals surface area contributed by atoms with Gasteiger partial charge in [-0.25, -0.2) is 4.39 Å². The third-order valence-corrected chi connectivity index (χ3v) is 2.29. The molecule has 0 bridgehead atoms. The van der Waals surface area contributed by atoms with Crippen LogP contribution < -0.4 is 0 Å². The lowest BCUT2D eigenvalue weighted by Gasteiger charge is -2.01. The average molecular weight is 205 g/mol. The van der Waals surface area contributed by atoms with Gasteiger partial charge in [-0.15, -0.1) is 0 Å². The Hall–Kier alpha value is -1.48. The summed E-state index contributed by atoms with van der Waals surface area (Å²) in [6.07, 6.45) is 1.26. The molecule has 0 saturated heterocycles. The van der Waals surface area contributed by atoms with Gasteiger partial charge in [0.1, 0.15) is 10.5 Å². The van der Waals surface area contributed by atoms with E-state index in [0.717, 1.165) is 11.1 Å². The van der Waals surface area contributed by atoms with E-state index >= 15 is 0 Å². The van der Waals surface area contributed by atoms with Gasteiger partial charge in [-0.05, 0) is 11.6 Å². The molecule has 0 aliphatic rings. The molecule has 1 nitrogen and oxygen atoms in total. The van der Waals surface area contributed by atoms with Crippen LogP contribution in [0.3, 0.4) is 0 Å². The van der Waals surface area contributed by atoms with Crippen LogP contribution in [0.25, 0.3) is 11.1 Å². The first-order valence-corrected chi connectivity index (χ1v) is 4.62. The lowest BCUT2D eigenvalue weighted by Crippen LogP contribution is -1.84. The number of aromatic amines is 1. The van der Waals surface area contributed by atoms with E-state index in [0.29, 0.717) is 4.64 Å². The smallest absolute Gasteiger partial charge is 0.139 e. The average Bonchev–Trinajstić information content (AvgIpc) is 2.23. The molecule has 1 heterocycles. The predicted molar refractivity (Wildman–Crippen MR) is 57.0 cm³/mol. The summed E-state index contributed by atoms with van der Waals surface area (Å²) in [6, 6.07) is 10.9. The molecule has 0 atom stereocenters. The normalized spacial score (nSPS) is 10.1. The van der Waals surface area contributed by atoms with E-state index in [9.17, 15) is 4.39 Å². The Morgan fingerprint density at radius 2 is 1.86 bits per heavy atom. The topological polar surface area (TPSA) is 15.8 Å². The first-order chi connectivity index (χ1) is 6.77. The maximum atomic E-state index is 13.0. The fourth-order valence-electron chi connectivity index (χ4n) is 1.29. The van der Waals surface area contributed by atoms with E-state index in [1.807, 2.05) is 30.3 Å². The van der Waals surface area contributed by atoms with Crippen molar-refractivity contribution in [1.29, 1.82) is 0 Å². The summed E-state index contributed by atoms with van der Waals surface area (Å²) in [7, 11) is 0. The van der Waals surface area contributed by atoms with Gasteiger partial charge in [0.25, 0.3) is 0 Å². The van der Waals surface area contributed by atoms with Crippen LogP contribution in [0.2, 0.25) is 0 Å². The fourth-order valence-corrected chi connectivity index (χ4v) is 1.53. The van der Waals surface area contributed by atoms with Crippen molar-refractivity contribution in [2.24, 2.45) is 0 Å². The van der Waals surface area contributed by atoms with E-state index < -0.39 is 0 Å². The van der Waals surface area contributed by atoms with Gasteiger partial charge >= 0.3 is 0 Å². The molecule has 14 heavy (non-hydrogen) atoms. The van der Waals surface area contributed by atoms with Gasteiger partial charge in [0.15, 0.2) is 0 Å². The molecule has 0 saturated carbocycles. The minimum absolute atomic E-state index is 0.308. The van der Waals surface area contributed by atoms with Crippen LogP contribution in [-0.2, 0) is 0 Å². The van der Waals surface area contributed by atoms with E-state index in [4.69, 9.17) is 12.2 Å². The summed E-state index contributed by atoms with van der Waals surface area (Å²) >= 11 is 5.07. The Labute approximate surface area is 86.2 Å². The first kappa shape index (κ1) is 9.09. The number of hydrogen-bond donors (Lipinski definition) is 1. The number of pyridine rings is 1. The van der Waals surface area contributed by atoms with Gasteiger partial charge in [-0.2, -0.15) is 0 Å². The number of aromatic nitrogens is 1. The number of halogens is 1. The van der Waals surface area contributed by atoms with Crippen LogP contribution in [0.15, 0.2) is 42.6 Å². The predicted octanol–water partition coefficient (Wildman–Crippen LogP) is 3.55. The molecule has 0 spiro atoms. The van der Waals surface area contributed by atoms with Gasteiger partial charge in [-0.3, -0.25) is 0 Å². The molecule has 0 aliphatic carbocycles. The molecule has 2 rings (SSSR count). The summed E-state index contributed by atoms with van der Waals surface area (Å²) in [4.78, 5) is 2.71. The zero-order valence-corrected chi connectivity index (χ0v) is 8.14. The fraction of sp³-hybridized carbons (Fsp3) is 0. The summed E-state index contributed by atoms with van der Waals surface area (Å²) in [5.74, 6) is -0.308. The molecule has 3 heteroatoms. The van der Waals surface area contributed by atoms with Crippen molar-refractivity contribution in [2.45, 2.75) is 0 Å². The molecular weight excluding hydrogens is 197 g/mol. The summed E-state index contributed by atoms with van der Waals surface area (Å²) in [5, 5.41) is 0. The Morgan fingerprint density at radius 1 is 1.14 bits per heavy atom. The maximum absolute atomic E-state index is 13.0. The van der Waals surface area contributed by atoms with E-state index in [1.54, 1.807) is 0 Å². The van der Waals surface area contributed by atoms with Crippen LogP contribution in [0.4, 0.5) is 4.39 Å². The van der Waals surface area contributed by atoms with Crippen molar-refractivity contribution in [3.63, 3.8) is 0 Å². The number of rotatable bonds is 1. The highest BCUT2D eigenvalue weighted by atomic mass is 32.1. The monoisotopic (exact) mass is 205 g/mol. The first-order valence-electron chi connectivity index (χ1n) is 4.21. The highest BCUT2D eigenvalue weighted by molar-refractivity contribution is 7.71. The van der Waals surface area contributed by atoms with Crippen molar-refractivity contribution >= 4 is 12.2 Å². The van der Waals surface area contributed by atoms with E-state index in [-0.39, 0.29) is 5.82 Å². The summed E-state index contributed by atoms with van der Waals surface area (Å²) in [5.41, 5.74) is 1.65. The molecule has 0 radical (unpaired) electrons. The molecule has 1 aromatic carbocycles. The maximum Gasteiger partial charge on any atom is 0.139 e. The molecular formula is C11H8FNS. The van der Waals surface area contributed by atoms with Crippen molar-refractivity contribution in [2.75, 3.05) is 0 Å². The molecule has 0 amide bonds. The zero-order valence-electron chi connectivity index (χ0n) is 7.33. The zero-order chi connectivity index (χ0) is 9.97. The Morgan fingerprint density at radius 3 is 2.57 bits per heavy atom. The largest absolute Gasteiger partial charge is 0.350 e. The molecule has 1 N–H and O–H groups in total. The quantitative estimate of drug-likeness (QED) is 0.704. The number of benzene rings is 1. The Bertz CT molecular complexity index is 490. The van der Waals surface area contributed by atoms with Crippen molar-refractivity contribution in [1.82, 2.24) is 4.98 Å². The highest BCUT2D eigenvalue weighted by Gasteiger charge is 2.00. The standard InChI is InChI=1S/C11H8FNS/c12-9-6-10(11(14)13-7-9)8-4-2-1-3-5-8/h1-7H,(H,13,14). The molecule has 1 aromatic heterocycles. The highest BCUT2D eigenvalue weighted by Crippen LogP contribution is 2.19. The van der Waals surface area contributed by atoms with E-state index in [1.165, 1.54) is 12.3 Å².